The minimum atomic E-state index is -1.91. The van der Waals surface area contributed by atoms with Crippen LogP contribution in [0.2, 0.25) is 0 Å². The second-order valence-electron chi connectivity index (χ2n) is 3.72. The summed E-state index contributed by atoms with van der Waals surface area (Å²) in [6.07, 6.45) is -1.91. The summed E-state index contributed by atoms with van der Waals surface area (Å²) >= 11 is 0. The number of aliphatic hydroxyl groups is 1. The van der Waals surface area contributed by atoms with Gasteiger partial charge in [0.15, 0.2) is 17.7 Å². The average molecular weight is 267 g/mol. The molecule has 1 aliphatic rings. The fraction of sp³-hybridized carbons (Fsp3) is 0.222. The van der Waals surface area contributed by atoms with E-state index in [9.17, 15) is 24.7 Å². The van der Waals surface area contributed by atoms with Crippen molar-refractivity contribution in [2.45, 2.75) is 13.2 Å². The molecule has 1 atom stereocenters. The lowest BCUT2D eigenvalue weighted by atomic mass is 10.1. The number of fused-ring (bicyclic) bond motifs is 1. The predicted molar refractivity (Wildman–Crippen MR) is 62.3 cm³/mol. The van der Waals surface area contributed by atoms with Crippen LogP contribution in [0.1, 0.15) is 6.92 Å². The molecule has 0 fully saturated rings. The number of nitrogen functional groups attached to an aromatic ring is 1. The molecule has 100 valence electrons. The molecule has 19 heavy (non-hydrogen) atoms. The maximum absolute atomic E-state index is 11.6. The number of H-pyrrole nitrogens is 1. The summed E-state index contributed by atoms with van der Waals surface area (Å²) in [4.78, 5) is 43.3. The number of hydrogen-bond acceptors (Lipinski definition) is 9. The predicted octanol–water partition coefficient (Wildman–Crippen LogP) is -1.89. The van der Waals surface area contributed by atoms with E-state index in [-0.39, 0.29) is 11.0 Å². The molecule has 0 spiro atoms. The lowest BCUT2D eigenvalue weighted by molar-refractivity contribution is -0.131. The number of nitrogens with two attached hydrogens (primary N) is 1. The third-order valence-corrected chi connectivity index (χ3v) is 2.37. The smallest absolute Gasteiger partial charge is 0.280 e. The fourth-order valence-corrected chi connectivity index (χ4v) is 1.49. The first kappa shape index (κ1) is 12.9. The van der Waals surface area contributed by atoms with Crippen molar-refractivity contribution < 1.29 is 19.9 Å². The Morgan fingerprint density at radius 3 is 2.68 bits per heavy atom. The number of ketones is 2. The molecule has 2 heterocycles. The number of aliphatic imine (C=N–C) groups is 1. The molecule has 0 radical (unpaired) electrons. The molecule has 1 unspecified atom stereocenters. The molecule has 5 N–H and O–H groups in total. The summed E-state index contributed by atoms with van der Waals surface area (Å²) < 4.78 is 0. The first-order valence-electron chi connectivity index (χ1n) is 5.02. The van der Waals surface area contributed by atoms with Crippen LogP contribution in [0, 0.1) is 0 Å². The molecular formula is C9H9N5O5. The maximum atomic E-state index is 11.6. The number of carbonyl (C=O) groups excluding carboxylic acids is 2. The van der Waals surface area contributed by atoms with Crippen LogP contribution in [-0.2, 0) is 9.59 Å². The van der Waals surface area contributed by atoms with Crippen LogP contribution in [0.5, 0.6) is 0 Å². The molecular weight excluding hydrogens is 258 g/mol. The van der Waals surface area contributed by atoms with Gasteiger partial charge in [-0.25, -0.2) is 10.1 Å². The van der Waals surface area contributed by atoms with Crippen LogP contribution in [-0.4, -0.2) is 43.8 Å². The van der Waals surface area contributed by atoms with Gasteiger partial charge in [0, 0.05) is 6.92 Å². The van der Waals surface area contributed by atoms with E-state index in [2.05, 4.69) is 15.0 Å². The highest BCUT2D eigenvalue weighted by atomic mass is 16.5. The van der Waals surface area contributed by atoms with Crippen molar-refractivity contribution in [1.29, 1.82) is 0 Å². The number of hydroxylamine groups is 1. The lowest BCUT2D eigenvalue weighted by Crippen LogP contribution is -2.47. The van der Waals surface area contributed by atoms with E-state index in [1.165, 1.54) is 0 Å². The number of aromatic amines is 1. The normalized spacial score (nSPS) is 17.7. The molecule has 0 bridgehead atoms. The van der Waals surface area contributed by atoms with Crippen LogP contribution >= 0.6 is 0 Å². The third kappa shape index (κ3) is 1.98. The zero-order valence-corrected chi connectivity index (χ0v) is 9.62. The Morgan fingerprint density at radius 1 is 1.47 bits per heavy atom. The summed E-state index contributed by atoms with van der Waals surface area (Å²) in [6.45, 7) is 0.972. The number of aliphatic hydroxyl groups excluding tert-OH is 1. The van der Waals surface area contributed by atoms with Gasteiger partial charge in [-0.2, -0.15) is 4.98 Å². The average Bonchev–Trinajstić information content (AvgIpc) is 2.33. The van der Waals surface area contributed by atoms with Crippen molar-refractivity contribution >= 4 is 34.7 Å². The quantitative estimate of drug-likeness (QED) is 0.452. The Morgan fingerprint density at radius 2 is 2.11 bits per heavy atom. The van der Waals surface area contributed by atoms with E-state index in [1.54, 1.807) is 0 Å². The van der Waals surface area contributed by atoms with Crippen LogP contribution in [0.25, 0.3) is 0 Å². The maximum Gasteiger partial charge on any atom is 0.280 e. The number of nitrogens with zero attached hydrogens (tertiary/aromatic N) is 3. The lowest BCUT2D eigenvalue weighted by Gasteiger charge is -2.26. The second kappa shape index (κ2) is 4.26. The van der Waals surface area contributed by atoms with Gasteiger partial charge in [0.2, 0.25) is 17.5 Å². The molecule has 0 saturated carbocycles. The number of anilines is 2. The van der Waals surface area contributed by atoms with Gasteiger partial charge in [-0.05, 0) is 0 Å². The first-order chi connectivity index (χ1) is 8.82. The molecule has 0 aromatic carbocycles. The summed E-state index contributed by atoms with van der Waals surface area (Å²) in [6, 6.07) is 0. The largest absolute Gasteiger partial charge is 0.369 e. The van der Waals surface area contributed by atoms with Gasteiger partial charge in [-0.3, -0.25) is 24.6 Å². The molecule has 1 aromatic rings. The van der Waals surface area contributed by atoms with E-state index in [1.807, 2.05) is 0 Å². The third-order valence-electron chi connectivity index (χ3n) is 2.37. The van der Waals surface area contributed by atoms with Crippen molar-refractivity contribution in [3.8, 4) is 0 Å². The van der Waals surface area contributed by atoms with Crippen LogP contribution in [0.15, 0.2) is 9.79 Å². The van der Waals surface area contributed by atoms with E-state index in [0.717, 1.165) is 6.92 Å². The SMILES string of the molecule is CC(=O)C(=O)C1=Nc2c(nc(N)[nH]c2=O)N(O)C1O. The molecule has 0 saturated heterocycles. The number of Topliss-reactive ketones (excluding diaryl/α,β-unsaturated/α-hetero) is 2. The molecule has 10 heteroatoms. The molecule has 10 nitrogen and oxygen atoms in total. The van der Waals surface area contributed by atoms with E-state index in [4.69, 9.17) is 5.73 Å². The Balaban J connectivity index is 2.67. The van der Waals surface area contributed by atoms with E-state index >= 15 is 0 Å². The molecule has 0 amide bonds. The van der Waals surface area contributed by atoms with Crippen molar-refractivity contribution in [3.63, 3.8) is 0 Å². The minimum absolute atomic E-state index is 0.143. The molecule has 1 aromatic heterocycles. The second-order valence-corrected chi connectivity index (χ2v) is 3.72. The fourth-order valence-electron chi connectivity index (χ4n) is 1.49. The van der Waals surface area contributed by atoms with Gasteiger partial charge >= 0.3 is 0 Å². The standard InChI is InChI=1S/C9H9N5O5/c1-2(15)5(16)3-8(18)14(19)6-4(11-3)7(17)13-9(10)12-6/h8,18-19H,1H3,(H3,10,12,13,17). The number of hydrogen-bond donors (Lipinski definition) is 4. The summed E-state index contributed by atoms with van der Waals surface area (Å²) in [5.74, 6) is -2.72. The van der Waals surface area contributed by atoms with Crippen molar-refractivity contribution in [2.75, 3.05) is 10.8 Å². The number of nitrogens with one attached hydrogen (secondary N) is 1. The first-order valence-corrected chi connectivity index (χ1v) is 5.02. The Hall–Kier alpha value is -2.59. The Kier molecular flexibility index (Phi) is 2.88. The zero-order chi connectivity index (χ0) is 14.3. The summed E-state index contributed by atoms with van der Waals surface area (Å²) in [5.41, 5.74) is 3.37. The van der Waals surface area contributed by atoms with Crippen molar-refractivity contribution in [1.82, 2.24) is 9.97 Å². The van der Waals surface area contributed by atoms with Crippen molar-refractivity contribution in [2.24, 2.45) is 4.99 Å². The van der Waals surface area contributed by atoms with E-state index < -0.39 is 40.6 Å². The Bertz CT molecular complexity index is 663. The highest BCUT2D eigenvalue weighted by Gasteiger charge is 2.36. The number of aromatic nitrogens is 2. The van der Waals surface area contributed by atoms with Gasteiger partial charge in [0.1, 0.15) is 5.71 Å². The monoisotopic (exact) mass is 267 g/mol. The van der Waals surface area contributed by atoms with E-state index in [0.29, 0.717) is 0 Å². The van der Waals surface area contributed by atoms with Gasteiger partial charge < -0.3 is 10.8 Å². The zero-order valence-electron chi connectivity index (χ0n) is 9.62. The van der Waals surface area contributed by atoms with Crippen LogP contribution < -0.4 is 16.4 Å². The topological polar surface area (TPSA) is 162 Å². The van der Waals surface area contributed by atoms with Gasteiger partial charge in [-0.1, -0.05) is 0 Å². The highest BCUT2D eigenvalue weighted by molar-refractivity contribution is 6.66. The van der Waals surface area contributed by atoms with Gasteiger partial charge in [0.05, 0.1) is 0 Å². The minimum Gasteiger partial charge on any atom is -0.369 e. The molecule has 1 aliphatic heterocycles. The number of rotatable bonds is 2. The van der Waals surface area contributed by atoms with Gasteiger partial charge in [-0.15, -0.1) is 0 Å². The molecule has 0 aliphatic carbocycles. The van der Waals surface area contributed by atoms with Crippen LogP contribution in [0.4, 0.5) is 17.5 Å². The highest BCUT2D eigenvalue weighted by Crippen LogP contribution is 2.27. The summed E-state index contributed by atoms with van der Waals surface area (Å²) in [5, 5.41) is 19.5. The Labute approximate surface area is 105 Å². The number of carbonyl (C=O) groups is 2. The summed E-state index contributed by atoms with van der Waals surface area (Å²) in [7, 11) is 0. The molecule has 2 rings (SSSR count). The van der Waals surface area contributed by atoms with Gasteiger partial charge in [0.25, 0.3) is 5.56 Å². The van der Waals surface area contributed by atoms with Crippen LogP contribution in [0.3, 0.4) is 0 Å². The van der Waals surface area contributed by atoms with Crippen molar-refractivity contribution in [3.05, 3.63) is 10.4 Å².